The predicted molar refractivity (Wildman–Crippen MR) is 160 cm³/mol. The Morgan fingerprint density at radius 3 is 2.15 bits per heavy atom. The number of carbonyl (C=O) groups excluding carboxylic acids is 2. The fraction of sp³-hybridized carbons (Fsp3) is 0.355. The second-order valence-electron chi connectivity index (χ2n) is 10.4. The lowest BCUT2D eigenvalue weighted by Gasteiger charge is -2.34. The molecule has 1 saturated carbocycles. The van der Waals surface area contributed by atoms with Gasteiger partial charge in [0.25, 0.3) is 0 Å². The minimum Gasteiger partial charge on any atom is -0.352 e. The molecule has 1 aliphatic carbocycles. The molecule has 1 fully saturated rings. The third-order valence-electron chi connectivity index (χ3n) is 7.24. The molecule has 4 rings (SSSR count). The molecular weight excluding hydrogens is 546 g/mol. The van der Waals surface area contributed by atoms with Gasteiger partial charge < -0.3 is 10.2 Å². The van der Waals surface area contributed by atoms with E-state index in [9.17, 15) is 18.0 Å². The van der Waals surface area contributed by atoms with E-state index in [0.29, 0.717) is 17.1 Å². The van der Waals surface area contributed by atoms with Gasteiger partial charge in [0.05, 0.1) is 11.9 Å². The number of carbonyl (C=O) groups is 2. The summed E-state index contributed by atoms with van der Waals surface area (Å²) in [4.78, 5) is 29.5. The van der Waals surface area contributed by atoms with Crippen LogP contribution in [0.15, 0.2) is 78.9 Å². The number of aryl methyl sites for hydroxylation is 1. The summed E-state index contributed by atoms with van der Waals surface area (Å²) in [5.74, 6) is -0.697. The van der Waals surface area contributed by atoms with Gasteiger partial charge in [0, 0.05) is 24.0 Å². The van der Waals surface area contributed by atoms with Gasteiger partial charge in [-0.3, -0.25) is 13.9 Å². The Morgan fingerprint density at radius 1 is 0.925 bits per heavy atom. The van der Waals surface area contributed by atoms with Gasteiger partial charge >= 0.3 is 0 Å². The summed E-state index contributed by atoms with van der Waals surface area (Å²) in [6.07, 6.45) is 5.31. The van der Waals surface area contributed by atoms with E-state index in [4.69, 9.17) is 11.6 Å². The molecule has 3 aromatic carbocycles. The summed E-state index contributed by atoms with van der Waals surface area (Å²) >= 11 is 6.02. The zero-order valence-corrected chi connectivity index (χ0v) is 24.5. The number of hydrogen-bond donors (Lipinski definition) is 1. The quantitative estimate of drug-likeness (QED) is 0.341. The highest BCUT2D eigenvalue weighted by Crippen LogP contribution is 2.23. The minimum atomic E-state index is -3.82. The van der Waals surface area contributed by atoms with Crippen molar-refractivity contribution in [2.45, 2.75) is 57.7 Å². The van der Waals surface area contributed by atoms with E-state index >= 15 is 0 Å². The van der Waals surface area contributed by atoms with Crippen molar-refractivity contribution in [3.8, 4) is 0 Å². The third-order valence-corrected chi connectivity index (χ3v) is 8.63. The van der Waals surface area contributed by atoms with Gasteiger partial charge in [-0.1, -0.05) is 84.6 Å². The van der Waals surface area contributed by atoms with Crippen molar-refractivity contribution in [2.75, 3.05) is 17.1 Å². The van der Waals surface area contributed by atoms with Crippen LogP contribution in [0.3, 0.4) is 0 Å². The molecular formula is C31H36ClN3O4S. The van der Waals surface area contributed by atoms with Crippen LogP contribution in [0.5, 0.6) is 0 Å². The molecule has 3 aromatic rings. The molecule has 1 atom stereocenters. The van der Waals surface area contributed by atoms with E-state index in [-0.39, 0.29) is 18.5 Å². The SMILES string of the molecule is Cc1ccc(CN(C(=O)CN(c2ccc(Cl)cc2)S(C)(=O)=O)C(Cc2ccccc2)C(=O)NC2CCCC2)cc1. The largest absolute Gasteiger partial charge is 0.352 e. The molecule has 0 aliphatic heterocycles. The first-order valence-corrected chi connectivity index (χ1v) is 15.8. The number of nitrogens with zero attached hydrogens (tertiary/aromatic N) is 2. The van der Waals surface area contributed by atoms with Crippen molar-refractivity contribution < 1.29 is 18.0 Å². The molecule has 0 bridgehead atoms. The third kappa shape index (κ3) is 8.08. The van der Waals surface area contributed by atoms with E-state index in [1.54, 1.807) is 24.3 Å². The Hall–Kier alpha value is -3.36. The zero-order valence-electron chi connectivity index (χ0n) is 22.9. The van der Waals surface area contributed by atoms with E-state index in [1.807, 2.05) is 61.5 Å². The van der Waals surface area contributed by atoms with Crippen LogP contribution in [0.2, 0.25) is 5.02 Å². The lowest BCUT2D eigenvalue weighted by Crippen LogP contribution is -2.54. The Balaban J connectivity index is 1.71. The van der Waals surface area contributed by atoms with Crippen LogP contribution in [0.1, 0.15) is 42.4 Å². The standard InChI is InChI=1S/C31H36ClN3O4S/c1-23-12-14-25(15-13-23)21-34(30(36)22-35(40(2,38)39)28-18-16-26(32)17-19-28)29(20-24-8-4-3-5-9-24)31(37)33-27-10-6-7-11-27/h3-5,8-9,12-19,27,29H,6-7,10-11,20-22H2,1-2H3,(H,33,37). The Kier molecular flexibility index (Phi) is 9.87. The second-order valence-corrected chi connectivity index (χ2v) is 12.8. The summed E-state index contributed by atoms with van der Waals surface area (Å²) in [5, 5.41) is 3.63. The van der Waals surface area contributed by atoms with Crippen molar-refractivity contribution in [2.24, 2.45) is 0 Å². The van der Waals surface area contributed by atoms with Gasteiger partial charge in [-0.15, -0.1) is 0 Å². The summed E-state index contributed by atoms with van der Waals surface area (Å²) < 4.78 is 26.7. The Morgan fingerprint density at radius 2 is 1.55 bits per heavy atom. The van der Waals surface area contributed by atoms with E-state index < -0.39 is 28.5 Å². The van der Waals surface area contributed by atoms with E-state index in [1.165, 1.54) is 4.90 Å². The number of nitrogens with one attached hydrogen (secondary N) is 1. The van der Waals surface area contributed by atoms with Crippen LogP contribution in [0.25, 0.3) is 0 Å². The number of benzene rings is 3. The molecule has 7 nitrogen and oxygen atoms in total. The zero-order chi connectivity index (χ0) is 28.7. The number of halogens is 1. The monoisotopic (exact) mass is 581 g/mol. The normalized spacial score (nSPS) is 14.5. The minimum absolute atomic E-state index is 0.0729. The van der Waals surface area contributed by atoms with Crippen molar-refractivity contribution in [1.82, 2.24) is 10.2 Å². The van der Waals surface area contributed by atoms with Gasteiger partial charge in [0.2, 0.25) is 21.8 Å². The Labute approximate surface area is 242 Å². The molecule has 1 aliphatic rings. The van der Waals surface area contributed by atoms with Gasteiger partial charge in [-0.25, -0.2) is 8.42 Å². The topological polar surface area (TPSA) is 86.8 Å². The van der Waals surface area contributed by atoms with E-state index in [0.717, 1.165) is 52.9 Å². The fourth-order valence-corrected chi connectivity index (χ4v) is 6.01. The first kappa shape index (κ1) is 29.6. The maximum Gasteiger partial charge on any atom is 0.244 e. The fourth-order valence-electron chi connectivity index (χ4n) is 5.03. The lowest BCUT2D eigenvalue weighted by molar-refractivity contribution is -0.140. The van der Waals surface area contributed by atoms with Crippen molar-refractivity contribution in [3.63, 3.8) is 0 Å². The molecule has 1 N–H and O–H groups in total. The maximum atomic E-state index is 14.1. The highest BCUT2D eigenvalue weighted by molar-refractivity contribution is 7.92. The van der Waals surface area contributed by atoms with Crippen LogP contribution in [0, 0.1) is 6.92 Å². The first-order valence-electron chi connectivity index (χ1n) is 13.5. The van der Waals surface area contributed by atoms with Gasteiger partial charge in [0.1, 0.15) is 12.6 Å². The molecule has 9 heteroatoms. The highest BCUT2D eigenvalue weighted by atomic mass is 35.5. The van der Waals surface area contributed by atoms with Crippen LogP contribution in [0.4, 0.5) is 5.69 Å². The number of sulfonamides is 1. The summed E-state index contributed by atoms with van der Waals surface area (Å²) in [6, 6.07) is 22.9. The van der Waals surface area contributed by atoms with Crippen LogP contribution in [-0.2, 0) is 32.6 Å². The molecule has 212 valence electrons. The average Bonchev–Trinajstić information content (AvgIpc) is 3.44. The number of hydrogen-bond acceptors (Lipinski definition) is 4. The van der Waals surface area contributed by atoms with Crippen molar-refractivity contribution in [3.05, 3.63) is 101 Å². The molecule has 0 spiro atoms. The van der Waals surface area contributed by atoms with Crippen molar-refractivity contribution in [1.29, 1.82) is 0 Å². The van der Waals surface area contributed by atoms with Crippen LogP contribution < -0.4 is 9.62 Å². The number of amides is 2. The number of rotatable bonds is 11. The molecule has 0 aromatic heterocycles. The summed E-state index contributed by atoms with van der Waals surface area (Å²) in [5.41, 5.74) is 3.16. The molecule has 2 amide bonds. The highest BCUT2D eigenvalue weighted by Gasteiger charge is 2.34. The lowest BCUT2D eigenvalue weighted by atomic mass is 10.0. The molecule has 40 heavy (non-hydrogen) atoms. The average molecular weight is 582 g/mol. The predicted octanol–water partition coefficient (Wildman–Crippen LogP) is 5.11. The van der Waals surface area contributed by atoms with Gasteiger partial charge in [0.15, 0.2) is 0 Å². The maximum absolute atomic E-state index is 14.1. The molecule has 0 heterocycles. The first-order chi connectivity index (χ1) is 19.1. The molecule has 1 unspecified atom stereocenters. The smallest absolute Gasteiger partial charge is 0.244 e. The summed E-state index contributed by atoms with van der Waals surface area (Å²) in [7, 11) is -3.82. The van der Waals surface area contributed by atoms with Gasteiger partial charge in [-0.2, -0.15) is 0 Å². The summed E-state index contributed by atoms with van der Waals surface area (Å²) in [6.45, 7) is 1.69. The second kappa shape index (κ2) is 13.3. The number of anilines is 1. The van der Waals surface area contributed by atoms with E-state index in [2.05, 4.69) is 5.32 Å². The van der Waals surface area contributed by atoms with Crippen LogP contribution in [-0.4, -0.2) is 50.0 Å². The molecule has 0 saturated heterocycles. The van der Waals surface area contributed by atoms with Crippen LogP contribution >= 0.6 is 11.6 Å². The van der Waals surface area contributed by atoms with Crippen molar-refractivity contribution >= 4 is 39.1 Å². The Bertz CT molecular complexity index is 1390. The van der Waals surface area contributed by atoms with Gasteiger partial charge in [-0.05, 0) is 55.2 Å². The molecule has 0 radical (unpaired) electrons.